The van der Waals surface area contributed by atoms with E-state index < -0.39 is 0 Å². The van der Waals surface area contributed by atoms with E-state index in [1.807, 2.05) is 31.3 Å². The van der Waals surface area contributed by atoms with Gasteiger partial charge in [-0.25, -0.2) is 4.98 Å². The first-order valence-corrected chi connectivity index (χ1v) is 7.17. The van der Waals surface area contributed by atoms with Crippen LogP contribution in [0.4, 0.5) is 5.82 Å². The second-order valence-electron chi connectivity index (χ2n) is 4.73. The topological polar surface area (TPSA) is 77.4 Å². The van der Waals surface area contributed by atoms with Crippen molar-refractivity contribution < 1.29 is 14.5 Å². The first-order valence-electron chi connectivity index (χ1n) is 6.76. The van der Waals surface area contributed by atoms with E-state index in [0.717, 1.165) is 5.82 Å². The number of aromatic amines is 1. The van der Waals surface area contributed by atoms with Gasteiger partial charge in [0.15, 0.2) is 6.17 Å². The van der Waals surface area contributed by atoms with E-state index in [1.165, 1.54) is 0 Å². The summed E-state index contributed by atoms with van der Waals surface area (Å²) in [5.41, 5.74) is 0.505. The maximum absolute atomic E-state index is 9.87. The molecule has 0 amide bonds. The summed E-state index contributed by atoms with van der Waals surface area (Å²) < 4.78 is 7.05. The average molecular weight is 315 g/mol. The highest BCUT2D eigenvalue weighted by Crippen LogP contribution is 2.28. The average Bonchev–Trinajstić information content (AvgIpc) is 2.90. The van der Waals surface area contributed by atoms with Crippen LogP contribution in [0, 0.1) is 4.84 Å². The van der Waals surface area contributed by atoms with E-state index in [9.17, 15) is 5.11 Å². The summed E-state index contributed by atoms with van der Waals surface area (Å²) in [5, 5.41) is 17.5. The number of nitrogens with zero attached hydrogens (tertiary/aromatic N) is 2. The third kappa shape index (κ3) is 2.84. The molecule has 112 valence electrons. The molecule has 3 rings (SSSR count). The SMILES string of the molecule is CC(Nc1cccc[nH+]1)n1nc(-c2ccccc2O)oc1=S. The molecule has 0 saturated heterocycles. The maximum atomic E-state index is 9.87. The van der Waals surface area contributed by atoms with Crippen molar-refractivity contribution in [1.29, 1.82) is 0 Å². The van der Waals surface area contributed by atoms with E-state index >= 15 is 0 Å². The van der Waals surface area contributed by atoms with Gasteiger partial charge in [-0.2, -0.15) is 4.68 Å². The molecule has 0 radical (unpaired) electrons. The van der Waals surface area contributed by atoms with Gasteiger partial charge in [-0.3, -0.25) is 5.32 Å². The minimum Gasteiger partial charge on any atom is -0.507 e. The Balaban J connectivity index is 1.90. The summed E-state index contributed by atoms with van der Waals surface area (Å²) >= 11 is 5.21. The lowest BCUT2D eigenvalue weighted by molar-refractivity contribution is -0.361. The predicted octanol–water partition coefficient (Wildman–Crippen LogP) is 3.02. The van der Waals surface area contributed by atoms with Crippen molar-refractivity contribution in [2.45, 2.75) is 13.1 Å². The summed E-state index contributed by atoms with van der Waals surface area (Å²) in [6, 6.07) is 12.6. The Bertz CT molecular complexity index is 829. The van der Waals surface area contributed by atoms with Gasteiger partial charge >= 0.3 is 0 Å². The van der Waals surface area contributed by atoms with E-state index in [-0.39, 0.29) is 22.6 Å². The Kier molecular flexibility index (Phi) is 3.88. The quantitative estimate of drug-likeness (QED) is 0.724. The lowest BCUT2D eigenvalue weighted by atomic mass is 10.2. The molecule has 6 nitrogen and oxygen atoms in total. The Morgan fingerprint density at radius 1 is 1.27 bits per heavy atom. The zero-order chi connectivity index (χ0) is 15.5. The van der Waals surface area contributed by atoms with Crippen molar-refractivity contribution in [1.82, 2.24) is 9.78 Å². The lowest BCUT2D eigenvalue weighted by Crippen LogP contribution is -2.21. The molecule has 0 saturated carbocycles. The van der Waals surface area contributed by atoms with Gasteiger partial charge in [0.1, 0.15) is 5.75 Å². The number of H-pyrrole nitrogens is 1. The second-order valence-corrected chi connectivity index (χ2v) is 5.08. The monoisotopic (exact) mass is 315 g/mol. The number of pyridine rings is 1. The minimum absolute atomic E-state index is 0.0999. The van der Waals surface area contributed by atoms with Gasteiger partial charge in [0.2, 0.25) is 0 Å². The molecule has 7 heteroatoms. The van der Waals surface area contributed by atoms with Crippen molar-refractivity contribution in [3.05, 3.63) is 53.5 Å². The fourth-order valence-electron chi connectivity index (χ4n) is 2.07. The Hall–Kier alpha value is -2.67. The van der Waals surface area contributed by atoms with E-state index in [2.05, 4.69) is 15.4 Å². The van der Waals surface area contributed by atoms with Crippen LogP contribution in [-0.2, 0) is 0 Å². The number of hydrogen-bond donors (Lipinski definition) is 2. The zero-order valence-electron chi connectivity index (χ0n) is 11.9. The van der Waals surface area contributed by atoms with Crippen molar-refractivity contribution >= 4 is 18.0 Å². The van der Waals surface area contributed by atoms with Crippen molar-refractivity contribution in [2.75, 3.05) is 5.32 Å². The normalized spacial score (nSPS) is 12.0. The van der Waals surface area contributed by atoms with Crippen molar-refractivity contribution in [2.24, 2.45) is 0 Å². The van der Waals surface area contributed by atoms with Crippen LogP contribution in [0.15, 0.2) is 53.1 Å². The zero-order valence-corrected chi connectivity index (χ0v) is 12.7. The Morgan fingerprint density at radius 2 is 2.05 bits per heavy atom. The highest BCUT2D eigenvalue weighted by molar-refractivity contribution is 7.71. The van der Waals surface area contributed by atoms with Gasteiger partial charge in [0.05, 0.1) is 11.8 Å². The largest absolute Gasteiger partial charge is 0.507 e. The van der Waals surface area contributed by atoms with Gasteiger partial charge in [0.25, 0.3) is 16.5 Å². The van der Waals surface area contributed by atoms with Gasteiger partial charge < -0.3 is 9.52 Å². The molecule has 1 unspecified atom stereocenters. The molecule has 0 spiro atoms. The summed E-state index contributed by atoms with van der Waals surface area (Å²) in [6.07, 6.45) is 1.61. The van der Waals surface area contributed by atoms with Crippen LogP contribution < -0.4 is 10.3 Å². The standard InChI is InChI=1S/C15H14N4O2S/c1-10(17-13-8-4-5-9-16-13)19-15(22)21-14(18-19)11-6-2-3-7-12(11)20/h2-10,20H,1H3,(H,16,17)/p+1. The summed E-state index contributed by atoms with van der Waals surface area (Å²) in [7, 11) is 0. The molecule has 0 bridgehead atoms. The maximum Gasteiger partial charge on any atom is 0.291 e. The molecule has 3 N–H and O–H groups in total. The van der Waals surface area contributed by atoms with Crippen LogP contribution in [0.5, 0.6) is 5.75 Å². The highest BCUT2D eigenvalue weighted by atomic mass is 32.1. The number of benzene rings is 1. The molecule has 0 aliphatic carbocycles. The van der Waals surface area contributed by atoms with Gasteiger partial charge in [-0.15, -0.1) is 5.10 Å². The fraction of sp³-hybridized carbons (Fsp3) is 0.133. The molecular formula is C15H15N4O2S+. The number of phenols is 1. The van der Waals surface area contributed by atoms with Crippen LogP contribution >= 0.6 is 12.2 Å². The number of aromatic hydroxyl groups is 1. The van der Waals surface area contributed by atoms with Crippen LogP contribution in [-0.4, -0.2) is 14.9 Å². The van der Waals surface area contributed by atoms with Gasteiger partial charge in [-0.1, -0.05) is 18.2 Å². The van der Waals surface area contributed by atoms with E-state index in [0.29, 0.717) is 5.56 Å². The molecule has 0 aliphatic rings. The molecule has 0 fully saturated rings. The Labute approximate surface area is 132 Å². The summed E-state index contributed by atoms with van der Waals surface area (Å²) in [6.45, 7) is 1.91. The number of hydrogen-bond acceptors (Lipinski definition) is 5. The smallest absolute Gasteiger partial charge is 0.291 e. The number of rotatable bonds is 4. The van der Waals surface area contributed by atoms with Crippen LogP contribution in [0.3, 0.4) is 0 Å². The summed E-state index contributed by atoms with van der Waals surface area (Å²) in [4.78, 5) is 3.31. The van der Waals surface area contributed by atoms with E-state index in [1.54, 1.807) is 28.9 Å². The molecule has 0 aliphatic heterocycles. The first kappa shape index (κ1) is 14.3. The fourth-order valence-corrected chi connectivity index (χ4v) is 2.34. The van der Waals surface area contributed by atoms with Gasteiger partial charge in [0, 0.05) is 6.07 Å². The minimum atomic E-state index is -0.213. The number of para-hydroxylation sites is 1. The lowest BCUT2D eigenvalue weighted by Gasteiger charge is -2.07. The van der Waals surface area contributed by atoms with Crippen LogP contribution in [0.2, 0.25) is 0 Å². The number of nitrogens with one attached hydrogen (secondary N) is 2. The third-order valence-electron chi connectivity index (χ3n) is 3.14. The molecule has 2 aromatic heterocycles. The molecule has 1 atom stereocenters. The Morgan fingerprint density at radius 3 is 2.77 bits per heavy atom. The number of phenolic OH excluding ortho intramolecular Hbond substituents is 1. The number of anilines is 1. The predicted molar refractivity (Wildman–Crippen MR) is 83.8 cm³/mol. The summed E-state index contributed by atoms with van der Waals surface area (Å²) in [5.74, 6) is 1.22. The second kappa shape index (κ2) is 5.98. The van der Waals surface area contributed by atoms with Crippen LogP contribution in [0.1, 0.15) is 13.1 Å². The van der Waals surface area contributed by atoms with E-state index in [4.69, 9.17) is 16.6 Å². The van der Waals surface area contributed by atoms with Crippen LogP contribution in [0.25, 0.3) is 11.5 Å². The molecule has 1 aromatic carbocycles. The van der Waals surface area contributed by atoms with Crippen molar-refractivity contribution in [3.63, 3.8) is 0 Å². The first-order chi connectivity index (χ1) is 10.6. The van der Waals surface area contributed by atoms with Crippen molar-refractivity contribution in [3.8, 4) is 17.2 Å². The molecule has 22 heavy (non-hydrogen) atoms. The number of aromatic nitrogens is 3. The molecule has 3 aromatic rings. The third-order valence-corrected chi connectivity index (χ3v) is 3.41. The van der Waals surface area contributed by atoms with Gasteiger partial charge in [-0.05, 0) is 37.3 Å². The highest BCUT2D eigenvalue weighted by Gasteiger charge is 2.18. The molecule has 2 heterocycles. The molecular weight excluding hydrogens is 300 g/mol.